The third kappa shape index (κ3) is 4.18. The highest BCUT2D eigenvalue weighted by atomic mass is 16.5. The summed E-state index contributed by atoms with van der Waals surface area (Å²) in [6, 6.07) is 22.4. The number of nitrogens with one attached hydrogen (secondary N) is 1. The van der Waals surface area contributed by atoms with E-state index in [0.29, 0.717) is 6.54 Å². The molecule has 0 spiro atoms. The Labute approximate surface area is 217 Å². The van der Waals surface area contributed by atoms with Crippen molar-refractivity contribution in [1.82, 2.24) is 24.6 Å². The van der Waals surface area contributed by atoms with Crippen molar-refractivity contribution in [3.63, 3.8) is 0 Å². The smallest absolute Gasteiger partial charge is 0.318 e. The quantitative estimate of drug-likeness (QED) is 0.381. The number of carbonyl (C=O) groups is 1. The number of urea groups is 1. The molecule has 1 fully saturated rings. The van der Waals surface area contributed by atoms with Crippen LogP contribution < -0.4 is 10.1 Å². The lowest BCUT2D eigenvalue weighted by Crippen LogP contribution is -2.45. The van der Waals surface area contributed by atoms with E-state index in [0.717, 1.165) is 59.0 Å². The van der Waals surface area contributed by atoms with E-state index in [1.165, 1.54) is 12.8 Å². The number of amides is 2. The molecule has 1 aliphatic heterocycles. The molecule has 2 aromatic heterocycles. The van der Waals surface area contributed by atoms with Gasteiger partial charge in [0.15, 0.2) is 0 Å². The maximum absolute atomic E-state index is 14.0. The molecular formula is C30H33N5O2. The van der Waals surface area contributed by atoms with Gasteiger partial charge in [0.1, 0.15) is 11.6 Å². The molecule has 2 amide bonds. The van der Waals surface area contributed by atoms with Crippen LogP contribution in [0.15, 0.2) is 72.9 Å². The Bertz CT molecular complexity index is 1400. The van der Waals surface area contributed by atoms with Crippen LogP contribution in [0, 0.1) is 0 Å². The van der Waals surface area contributed by atoms with E-state index in [1.54, 1.807) is 7.11 Å². The number of hydrogen-bond acceptors (Lipinski definition) is 3. The Kier molecular flexibility index (Phi) is 6.20. The van der Waals surface area contributed by atoms with Crippen molar-refractivity contribution in [2.24, 2.45) is 0 Å². The fraction of sp³-hybridized carbons (Fsp3) is 0.333. The Balaban J connectivity index is 1.55. The zero-order chi connectivity index (χ0) is 25.4. The number of fused-ring (bicyclic) bond motifs is 3. The highest BCUT2D eigenvalue weighted by Crippen LogP contribution is 2.39. The van der Waals surface area contributed by atoms with E-state index >= 15 is 0 Å². The third-order valence-corrected chi connectivity index (χ3v) is 7.66. The molecule has 0 radical (unpaired) electrons. The molecule has 7 heteroatoms. The van der Waals surface area contributed by atoms with Gasteiger partial charge in [-0.25, -0.2) is 9.48 Å². The molecule has 2 aliphatic rings. The number of aromatic nitrogens is 3. The lowest BCUT2D eigenvalue weighted by molar-refractivity contribution is 0.176. The minimum atomic E-state index is -0.284. The second-order valence-corrected chi connectivity index (χ2v) is 9.89. The van der Waals surface area contributed by atoms with Gasteiger partial charge in [-0.2, -0.15) is 5.10 Å². The first-order chi connectivity index (χ1) is 18.2. The summed E-state index contributed by atoms with van der Waals surface area (Å²) in [6.07, 6.45) is 7.28. The van der Waals surface area contributed by atoms with E-state index in [1.807, 2.05) is 46.0 Å². The van der Waals surface area contributed by atoms with Crippen molar-refractivity contribution in [1.29, 1.82) is 0 Å². The van der Waals surface area contributed by atoms with Crippen LogP contribution >= 0.6 is 0 Å². The van der Waals surface area contributed by atoms with Gasteiger partial charge >= 0.3 is 6.03 Å². The van der Waals surface area contributed by atoms with Gasteiger partial charge in [-0.05, 0) is 61.2 Å². The van der Waals surface area contributed by atoms with Crippen molar-refractivity contribution in [3.8, 4) is 17.3 Å². The van der Waals surface area contributed by atoms with E-state index in [4.69, 9.17) is 9.84 Å². The number of para-hydroxylation sites is 1. The normalized spacial score (nSPS) is 17.2. The van der Waals surface area contributed by atoms with Gasteiger partial charge in [0.05, 0.1) is 36.8 Å². The van der Waals surface area contributed by atoms with Crippen molar-refractivity contribution in [3.05, 3.63) is 95.4 Å². The monoisotopic (exact) mass is 495 g/mol. The van der Waals surface area contributed by atoms with Crippen LogP contribution in [0.5, 0.6) is 5.75 Å². The molecule has 7 nitrogen and oxygen atoms in total. The molecule has 1 atom stereocenters. The standard InChI is InChI=1S/C30H33N5O2/c1-3-26-25-20-34(30(36)31-22-12-7-8-13-22)28(21-11-9-16-24(19-21)37-2)27-17-10-18-33(27)29(25)35(32-26)23-14-5-4-6-15-23/h4-6,9-11,14-19,22,28H,3,7-8,12-13,20H2,1-2H3,(H,31,36). The number of hydrogen-bond donors (Lipinski definition) is 1. The van der Waals surface area contributed by atoms with Crippen LogP contribution in [-0.2, 0) is 13.0 Å². The van der Waals surface area contributed by atoms with Crippen molar-refractivity contribution < 1.29 is 9.53 Å². The Morgan fingerprint density at radius 3 is 2.62 bits per heavy atom. The molecule has 4 aromatic rings. The van der Waals surface area contributed by atoms with E-state index in [2.05, 4.69) is 53.3 Å². The highest BCUT2D eigenvalue weighted by molar-refractivity contribution is 5.76. The average Bonchev–Trinajstić information content (AvgIpc) is 3.68. The molecule has 37 heavy (non-hydrogen) atoms. The van der Waals surface area contributed by atoms with Crippen LogP contribution in [0.3, 0.4) is 0 Å². The molecule has 1 saturated carbocycles. The van der Waals surface area contributed by atoms with Crippen molar-refractivity contribution in [2.45, 2.75) is 57.7 Å². The number of methoxy groups -OCH3 is 1. The van der Waals surface area contributed by atoms with Crippen LogP contribution in [-0.4, -0.2) is 38.4 Å². The van der Waals surface area contributed by atoms with Crippen LogP contribution in [0.4, 0.5) is 4.79 Å². The van der Waals surface area contributed by atoms with Crippen LogP contribution in [0.2, 0.25) is 0 Å². The summed E-state index contributed by atoms with van der Waals surface area (Å²) < 4.78 is 9.81. The minimum Gasteiger partial charge on any atom is -0.497 e. The Hall–Kier alpha value is -4.00. The molecular weight excluding hydrogens is 462 g/mol. The van der Waals surface area contributed by atoms with Crippen molar-refractivity contribution >= 4 is 6.03 Å². The summed E-state index contributed by atoms with van der Waals surface area (Å²) in [5.41, 5.74) is 5.12. The minimum absolute atomic E-state index is 0.0326. The summed E-state index contributed by atoms with van der Waals surface area (Å²) in [7, 11) is 1.68. The second-order valence-electron chi connectivity index (χ2n) is 9.89. The van der Waals surface area contributed by atoms with Gasteiger partial charge in [0, 0.05) is 17.8 Å². The van der Waals surface area contributed by atoms with Gasteiger partial charge in [0.25, 0.3) is 0 Å². The number of rotatable bonds is 5. The molecule has 3 heterocycles. The van der Waals surface area contributed by atoms with Crippen LogP contribution in [0.1, 0.15) is 61.2 Å². The SMILES string of the molecule is CCc1nn(-c2ccccc2)c2c1CN(C(=O)NC1CCCC1)C(c1cccc(OC)c1)c1cccn1-2. The van der Waals surface area contributed by atoms with Gasteiger partial charge in [-0.1, -0.05) is 50.1 Å². The molecule has 1 aliphatic carbocycles. The molecule has 6 rings (SSSR count). The topological polar surface area (TPSA) is 64.3 Å². The lowest BCUT2D eigenvalue weighted by atomic mass is 10.0. The summed E-state index contributed by atoms with van der Waals surface area (Å²) in [6.45, 7) is 2.59. The molecule has 0 saturated heterocycles. The van der Waals surface area contributed by atoms with Gasteiger partial charge in [-0.3, -0.25) is 0 Å². The molecule has 1 unspecified atom stereocenters. The first-order valence-corrected chi connectivity index (χ1v) is 13.2. The molecule has 190 valence electrons. The van der Waals surface area contributed by atoms with Gasteiger partial charge in [0.2, 0.25) is 0 Å². The van der Waals surface area contributed by atoms with Crippen molar-refractivity contribution in [2.75, 3.05) is 7.11 Å². The number of aryl methyl sites for hydroxylation is 1. The third-order valence-electron chi connectivity index (χ3n) is 7.66. The second kappa shape index (κ2) is 9.81. The maximum Gasteiger partial charge on any atom is 0.318 e. The first-order valence-electron chi connectivity index (χ1n) is 13.2. The maximum atomic E-state index is 14.0. The number of carbonyl (C=O) groups excluding carboxylic acids is 1. The largest absolute Gasteiger partial charge is 0.497 e. The van der Waals surface area contributed by atoms with Crippen LogP contribution in [0.25, 0.3) is 11.5 Å². The average molecular weight is 496 g/mol. The molecule has 2 aromatic carbocycles. The molecule has 0 bridgehead atoms. The fourth-order valence-electron chi connectivity index (χ4n) is 5.84. The molecule has 1 N–H and O–H groups in total. The fourth-order valence-corrected chi connectivity index (χ4v) is 5.84. The Morgan fingerprint density at radius 2 is 1.86 bits per heavy atom. The lowest BCUT2D eigenvalue weighted by Gasteiger charge is -2.32. The van der Waals surface area contributed by atoms with Gasteiger partial charge in [-0.15, -0.1) is 0 Å². The van der Waals surface area contributed by atoms with E-state index in [-0.39, 0.29) is 18.1 Å². The predicted octanol–water partition coefficient (Wildman–Crippen LogP) is 5.79. The predicted molar refractivity (Wildman–Crippen MR) is 143 cm³/mol. The van der Waals surface area contributed by atoms with E-state index in [9.17, 15) is 4.79 Å². The van der Waals surface area contributed by atoms with Gasteiger partial charge < -0.3 is 19.5 Å². The summed E-state index contributed by atoms with van der Waals surface area (Å²) in [5.74, 6) is 1.77. The zero-order valence-electron chi connectivity index (χ0n) is 21.4. The highest BCUT2D eigenvalue weighted by Gasteiger charge is 2.37. The number of nitrogens with zero attached hydrogens (tertiary/aromatic N) is 4. The number of ether oxygens (including phenoxy) is 1. The summed E-state index contributed by atoms with van der Waals surface area (Å²) in [5, 5.41) is 8.39. The summed E-state index contributed by atoms with van der Waals surface area (Å²) >= 11 is 0. The first kappa shape index (κ1) is 23.4. The summed E-state index contributed by atoms with van der Waals surface area (Å²) in [4.78, 5) is 16.0. The Morgan fingerprint density at radius 1 is 1.05 bits per heavy atom. The van der Waals surface area contributed by atoms with E-state index < -0.39 is 0 Å². The zero-order valence-corrected chi connectivity index (χ0v) is 21.4. The number of benzene rings is 2.